The largest absolute Gasteiger partial charge is 0.356 e. The lowest BCUT2D eigenvalue weighted by Gasteiger charge is -2.26. The molecule has 0 spiro atoms. The van der Waals surface area contributed by atoms with E-state index in [1.165, 1.54) is 16.7 Å². The maximum Gasteiger partial charge on any atom is 0.225 e. The van der Waals surface area contributed by atoms with Gasteiger partial charge in [-0.15, -0.1) is 0 Å². The monoisotopic (exact) mass is 350 g/mol. The van der Waals surface area contributed by atoms with Crippen molar-refractivity contribution in [2.45, 2.75) is 25.7 Å². The summed E-state index contributed by atoms with van der Waals surface area (Å²) in [6, 6.07) is 16.4. The highest BCUT2D eigenvalue weighted by Gasteiger charge is 2.24. The predicted molar refractivity (Wildman–Crippen MR) is 107 cm³/mol. The third-order valence-corrected chi connectivity index (χ3v) is 4.79. The molecule has 1 aliphatic heterocycles. The van der Waals surface area contributed by atoms with E-state index in [-0.39, 0.29) is 11.8 Å². The Morgan fingerprint density at radius 3 is 2.73 bits per heavy atom. The van der Waals surface area contributed by atoms with Gasteiger partial charge in [-0.1, -0.05) is 42.5 Å². The first-order valence-electron chi connectivity index (χ1n) is 9.05. The summed E-state index contributed by atoms with van der Waals surface area (Å²) in [4.78, 5) is 16.2. The van der Waals surface area contributed by atoms with E-state index >= 15 is 0 Å². The molecule has 0 radical (unpaired) electrons. The molecule has 0 bridgehead atoms. The van der Waals surface area contributed by atoms with Gasteiger partial charge in [-0.3, -0.25) is 9.79 Å². The third-order valence-electron chi connectivity index (χ3n) is 4.79. The summed E-state index contributed by atoms with van der Waals surface area (Å²) in [7, 11) is 1.77. The number of amides is 1. The number of carbonyl (C=O) groups excluding carboxylic acids is 1. The summed E-state index contributed by atoms with van der Waals surface area (Å²) >= 11 is 0. The molecular weight excluding hydrogens is 324 g/mol. The molecule has 5 nitrogen and oxygen atoms in total. The summed E-state index contributed by atoms with van der Waals surface area (Å²) in [6.45, 7) is 3.62. The molecule has 0 fully saturated rings. The van der Waals surface area contributed by atoms with Crippen LogP contribution in [0.4, 0.5) is 5.69 Å². The van der Waals surface area contributed by atoms with E-state index in [0.717, 1.165) is 24.6 Å². The highest BCUT2D eigenvalue weighted by molar-refractivity contribution is 5.94. The van der Waals surface area contributed by atoms with Crippen LogP contribution in [0.2, 0.25) is 0 Å². The van der Waals surface area contributed by atoms with Crippen LogP contribution in [0, 0.1) is 6.92 Å². The fraction of sp³-hybridized carbons (Fsp3) is 0.333. The van der Waals surface area contributed by atoms with Crippen LogP contribution in [0.1, 0.15) is 29.0 Å². The number of rotatable bonds is 5. The molecule has 0 aliphatic carbocycles. The molecule has 5 heteroatoms. The van der Waals surface area contributed by atoms with E-state index in [4.69, 9.17) is 0 Å². The van der Waals surface area contributed by atoms with Crippen LogP contribution in [-0.4, -0.2) is 32.0 Å². The van der Waals surface area contributed by atoms with Gasteiger partial charge in [0.1, 0.15) is 0 Å². The lowest BCUT2D eigenvalue weighted by molar-refractivity contribution is -0.116. The molecule has 0 aromatic heterocycles. The standard InChI is InChI=1S/C21H26N4O/c1-15-7-3-4-8-16(15)11-12-23-21(22-2)24-14-17-13-20(26)25-19-10-6-5-9-18(17)19/h3-10,17H,11-14H2,1-2H3,(H,25,26)(H2,22,23,24). The number of aliphatic imine (C=N–C) groups is 1. The zero-order chi connectivity index (χ0) is 18.4. The van der Waals surface area contributed by atoms with Crippen LogP contribution in [0.5, 0.6) is 0 Å². The highest BCUT2D eigenvalue weighted by Crippen LogP contribution is 2.31. The summed E-state index contributed by atoms with van der Waals surface area (Å²) in [5, 5.41) is 9.66. The second-order valence-corrected chi connectivity index (χ2v) is 6.59. The van der Waals surface area contributed by atoms with Crippen molar-refractivity contribution in [2.24, 2.45) is 4.99 Å². The van der Waals surface area contributed by atoms with Crippen LogP contribution in [0.3, 0.4) is 0 Å². The van der Waals surface area contributed by atoms with Gasteiger partial charge < -0.3 is 16.0 Å². The lowest BCUT2D eigenvalue weighted by Crippen LogP contribution is -2.41. The Bertz CT molecular complexity index is 800. The Kier molecular flexibility index (Phi) is 5.89. The van der Waals surface area contributed by atoms with Crippen molar-refractivity contribution in [2.75, 3.05) is 25.5 Å². The maximum absolute atomic E-state index is 11.9. The average Bonchev–Trinajstić information content (AvgIpc) is 2.65. The van der Waals surface area contributed by atoms with Crippen LogP contribution < -0.4 is 16.0 Å². The smallest absolute Gasteiger partial charge is 0.225 e. The summed E-state index contributed by atoms with van der Waals surface area (Å²) < 4.78 is 0. The van der Waals surface area contributed by atoms with Gasteiger partial charge in [0.25, 0.3) is 0 Å². The topological polar surface area (TPSA) is 65.5 Å². The zero-order valence-electron chi connectivity index (χ0n) is 15.4. The molecule has 136 valence electrons. The fourth-order valence-corrected chi connectivity index (χ4v) is 3.33. The SMILES string of the molecule is CN=C(NCCc1ccccc1C)NCC1CC(=O)Nc2ccccc21. The van der Waals surface area contributed by atoms with E-state index in [2.05, 4.69) is 58.2 Å². The van der Waals surface area contributed by atoms with Gasteiger partial charge in [0.05, 0.1) is 0 Å². The Labute approximate surface area is 154 Å². The van der Waals surface area contributed by atoms with E-state index < -0.39 is 0 Å². The Hall–Kier alpha value is -2.82. The molecule has 1 heterocycles. The first-order chi connectivity index (χ1) is 12.7. The molecule has 0 saturated heterocycles. The second kappa shape index (κ2) is 8.52. The molecular formula is C21H26N4O. The number of aryl methyl sites for hydroxylation is 1. The molecule has 3 N–H and O–H groups in total. The summed E-state index contributed by atoms with van der Waals surface area (Å²) in [5.74, 6) is 0.981. The second-order valence-electron chi connectivity index (χ2n) is 6.59. The van der Waals surface area contributed by atoms with Gasteiger partial charge in [-0.2, -0.15) is 0 Å². The van der Waals surface area contributed by atoms with E-state index in [1.54, 1.807) is 7.05 Å². The number of fused-ring (bicyclic) bond motifs is 1. The first-order valence-corrected chi connectivity index (χ1v) is 9.05. The van der Waals surface area contributed by atoms with Gasteiger partial charge in [-0.25, -0.2) is 0 Å². The van der Waals surface area contributed by atoms with Gasteiger partial charge in [0, 0.05) is 38.2 Å². The van der Waals surface area contributed by atoms with Crippen molar-refractivity contribution in [3.63, 3.8) is 0 Å². The minimum absolute atomic E-state index is 0.0676. The van der Waals surface area contributed by atoms with Crippen molar-refractivity contribution in [3.8, 4) is 0 Å². The van der Waals surface area contributed by atoms with Crippen molar-refractivity contribution in [3.05, 3.63) is 65.2 Å². The molecule has 1 aliphatic rings. The van der Waals surface area contributed by atoms with Crippen LogP contribution >= 0.6 is 0 Å². The number of benzene rings is 2. The van der Waals surface area contributed by atoms with Crippen LogP contribution in [0.25, 0.3) is 0 Å². The minimum atomic E-state index is 0.0676. The van der Waals surface area contributed by atoms with Crippen molar-refractivity contribution in [1.82, 2.24) is 10.6 Å². The summed E-state index contributed by atoms with van der Waals surface area (Å²) in [5.41, 5.74) is 4.74. The number of guanidine groups is 1. The normalized spacial score (nSPS) is 16.6. The van der Waals surface area contributed by atoms with Crippen molar-refractivity contribution in [1.29, 1.82) is 0 Å². The molecule has 0 saturated carbocycles. The molecule has 1 atom stereocenters. The van der Waals surface area contributed by atoms with Crippen molar-refractivity contribution < 1.29 is 4.79 Å². The third kappa shape index (κ3) is 4.42. The number of para-hydroxylation sites is 1. The van der Waals surface area contributed by atoms with Crippen molar-refractivity contribution >= 4 is 17.6 Å². The number of hydrogen-bond donors (Lipinski definition) is 3. The van der Waals surface area contributed by atoms with Gasteiger partial charge in [0.2, 0.25) is 5.91 Å². The minimum Gasteiger partial charge on any atom is -0.356 e. The predicted octanol–water partition coefficient (Wildman–Crippen LogP) is 2.83. The van der Waals surface area contributed by atoms with Gasteiger partial charge in [0.15, 0.2) is 5.96 Å². The van der Waals surface area contributed by atoms with E-state index in [1.807, 2.05) is 18.2 Å². The Balaban J connectivity index is 1.53. The van der Waals surface area contributed by atoms with Gasteiger partial charge in [-0.05, 0) is 36.1 Å². The summed E-state index contributed by atoms with van der Waals surface area (Å²) in [6.07, 6.45) is 1.44. The lowest BCUT2D eigenvalue weighted by atomic mass is 9.90. The zero-order valence-corrected chi connectivity index (χ0v) is 15.4. The van der Waals surface area contributed by atoms with Crippen LogP contribution in [0.15, 0.2) is 53.5 Å². The first kappa shape index (κ1) is 18.0. The molecule has 1 amide bonds. The molecule has 2 aromatic carbocycles. The average molecular weight is 350 g/mol. The molecule has 26 heavy (non-hydrogen) atoms. The number of carbonyl (C=O) groups is 1. The van der Waals surface area contributed by atoms with Gasteiger partial charge >= 0.3 is 0 Å². The Morgan fingerprint density at radius 2 is 1.92 bits per heavy atom. The number of hydrogen-bond acceptors (Lipinski definition) is 2. The Morgan fingerprint density at radius 1 is 1.15 bits per heavy atom. The fourth-order valence-electron chi connectivity index (χ4n) is 3.33. The maximum atomic E-state index is 11.9. The number of anilines is 1. The quantitative estimate of drug-likeness (QED) is 0.574. The molecule has 3 rings (SSSR count). The number of nitrogens with one attached hydrogen (secondary N) is 3. The molecule has 1 unspecified atom stereocenters. The van der Waals surface area contributed by atoms with E-state index in [9.17, 15) is 4.79 Å². The van der Waals surface area contributed by atoms with E-state index in [0.29, 0.717) is 13.0 Å². The molecule has 2 aromatic rings. The van der Waals surface area contributed by atoms with Crippen LogP contribution in [-0.2, 0) is 11.2 Å². The number of nitrogens with zero attached hydrogens (tertiary/aromatic N) is 1. The highest BCUT2D eigenvalue weighted by atomic mass is 16.1.